The van der Waals surface area contributed by atoms with Crippen LogP contribution in [0.2, 0.25) is 0 Å². The van der Waals surface area contributed by atoms with Crippen LogP contribution in [0.4, 0.5) is 0 Å². The van der Waals surface area contributed by atoms with E-state index in [0.717, 1.165) is 0 Å². The van der Waals surface area contributed by atoms with Crippen LogP contribution >= 0.6 is 0 Å². The van der Waals surface area contributed by atoms with E-state index >= 15 is 0 Å². The zero-order valence-electron chi connectivity index (χ0n) is 9.96. The fourth-order valence-electron chi connectivity index (χ4n) is 1.99. The summed E-state index contributed by atoms with van der Waals surface area (Å²) in [6, 6.07) is 0.198. The molecule has 0 bridgehead atoms. The summed E-state index contributed by atoms with van der Waals surface area (Å²) in [6.45, 7) is 3.95. The number of ketones is 1. The Hall–Kier alpha value is -1.17. The molecule has 2 rings (SSSR count). The summed E-state index contributed by atoms with van der Waals surface area (Å²) in [5.74, 6) is -0.372. The second-order valence-electron chi connectivity index (χ2n) is 4.77. The van der Waals surface area contributed by atoms with Gasteiger partial charge in [-0.1, -0.05) is 0 Å². The van der Waals surface area contributed by atoms with Gasteiger partial charge in [0.25, 0.3) is 0 Å². The second kappa shape index (κ2) is 4.25. The van der Waals surface area contributed by atoms with Crippen molar-refractivity contribution in [3.8, 4) is 0 Å². The van der Waals surface area contributed by atoms with E-state index in [1.54, 1.807) is 10.9 Å². The Morgan fingerprint density at radius 2 is 2.24 bits per heavy atom. The zero-order valence-corrected chi connectivity index (χ0v) is 10.8. The van der Waals surface area contributed by atoms with E-state index in [9.17, 15) is 13.2 Å². The van der Waals surface area contributed by atoms with Gasteiger partial charge in [-0.15, -0.1) is 0 Å². The van der Waals surface area contributed by atoms with E-state index < -0.39 is 9.84 Å². The molecule has 1 unspecified atom stereocenters. The zero-order chi connectivity index (χ0) is 12.6. The van der Waals surface area contributed by atoms with Crippen LogP contribution in [-0.4, -0.2) is 35.5 Å². The highest BCUT2D eigenvalue weighted by atomic mass is 32.2. The number of hydrogen-bond donors (Lipinski definition) is 0. The highest BCUT2D eigenvalue weighted by Crippen LogP contribution is 2.22. The van der Waals surface area contributed by atoms with Gasteiger partial charge in [0.05, 0.1) is 23.3 Å². The van der Waals surface area contributed by atoms with E-state index in [1.807, 2.05) is 13.8 Å². The normalized spacial score (nSPS) is 23.1. The van der Waals surface area contributed by atoms with Gasteiger partial charge >= 0.3 is 0 Å². The number of nitrogens with zero attached hydrogens (tertiary/aromatic N) is 2. The molecule has 17 heavy (non-hydrogen) atoms. The lowest BCUT2D eigenvalue weighted by atomic mass is 10.00. The minimum atomic E-state index is -3.01. The molecular formula is C11H16N2O3S. The maximum absolute atomic E-state index is 12.1. The van der Waals surface area contributed by atoms with Crippen molar-refractivity contribution < 1.29 is 13.2 Å². The van der Waals surface area contributed by atoms with Crippen molar-refractivity contribution in [1.82, 2.24) is 9.78 Å². The van der Waals surface area contributed by atoms with Gasteiger partial charge in [0, 0.05) is 18.2 Å². The lowest BCUT2D eigenvalue weighted by Gasteiger charge is -2.05. The van der Waals surface area contributed by atoms with Crippen LogP contribution in [0.3, 0.4) is 0 Å². The maximum atomic E-state index is 12.1. The molecule has 0 amide bonds. The van der Waals surface area contributed by atoms with Crippen molar-refractivity contribution in [2.75, 3.05) is 11.5 Å². The summed E-state index contributed by atoms with van der Waals surface area (Å²) in [6.07, 6.45) is 3.65. The Morgan fingerprint density at radius 1 is 1.53 bits per heavy atom. The number of Topliss-reactive ketones (excluding diaryl/α,β-unsaturated/α-hetero) is 1. The van der Waals surface area contributed by atoms with Gasteiger partial charge in [-0.2, -0.15) is 5.10 Å². The van der Waals surface area contributed by atoms with Crippen molar-refractivity contribution in [2.45, 2.75) is 26.3 Å². The third kappa shape index (κ3) is 2.57. The number of carbonyl (C=O) groups excluding carboxylic acids is 1. The van der Waals surface area contributed by atoms with E-state index in [-0.39, 0.29) is 29.2 Å². The first-order valence-electron chi connectivity index (χ1n) is 5.68. The molecule has 0 radical (unpaired) electrons. The lowest BCUT2D eigenvalue weighted by Crippen LogP contribution is -2.15. The molecule has 1 aromatic rings. The van der Waals surface area contributed by atoms with Crippen LogP contribution in [0.15, 0.2) is 12.4 Å². The molecule has 2 heterocycles. The minimum Gasteiger partial charge on any atom is -0.294 e. The monoisotopic (exact) mass is 256 g/mol. The van der Waals surface area contributed by atoms with Gasteiger partial charge in [0.15, 0.2) is 15.6 Å². The molecule has 1 fully saturated rings. The van der Waals surface area contributed by atoms with Crippen molar-refractivity contribution in [3.05, 3.63) is 18.0 Å². The van der Waals surface area contributed by atoms with Gasteiger partial charge in [-0.25, -0.2) is 8.42 Å². The van der Waals surface area contributed by atoms with Crippen molar-refractivity contribution in [3.63, 3.8) is 0 Å². The third-order valence-electron chi connectivity index (χ3n) is 3.02. The summed E-state index contributed by atoms with van der Waals surface area (Å²) in [4.78, 5) is 12.1. The number of sulfone groups is 1. The summed E-state index contributed by atoms with van der Waals surface area (Å²) >= 11 is 0. The van der Waals surface area contributed by atoms with Crippen LogP contribution in [0.1, 0.15) is 36.7 Å². The molecule has 1 aromatic heterocycles. The Labute approximate surface area is 101 Å². The highest BCUT2D eigenvalue weighted by molar-refractivity contribution is 7.91. The Kier molecular flexibility index (Phi) is 3.07. The summed E-state index contributed by atoms with van der Waals surface area (Å²) in [5, 5.41) is 4.09. The first kappa shape index (κ1) is 12.3. The molecular weight excluding hydrogens is 240 g/mol. The molecule has 1 aliphatic rings. The van der Waals surface area contributed by atoms with E-state index in [1.165, 1.54) is 6.20 Å². The van der Waals surface area contributed by atoms with Crippen molar-refractivity contribution >= 4 is 15.6 Å². The molecule has 6 heteroatoms. The van der Waals surface area contributed by atoms with Crippen molar-refractivity contribution in [2.24, 2.45) is 5.92 Å². The summed E-state index contributed by atoms with van der Waals surface area (Å²) < 4.78 is 24.3. The van der Waals surface area contributed by atoms with Crippen LogP contribution in [0.5, 0.6) is 0 Å². The minimum absolute atomic E-state index is 0.0152. The number of rotatable bonds is 3. The Balaban J connectivity index is 2.15. The summed E-state index contributed by atoms with van der Waals surface area (Å²) in [5.41, 5.74) is 0.515. The molecule has 5 nitrogen and oxygen atoms in total. The third-order valence-corrected chi connectivity index (χ3v) is 4.79. The topological polar surface area (TPSA) is 69.0 Å². The maximum Gasteiger partial charge on any atom is 0.170 e. The summed E-state index contributed by atoms with van der Waals surface area (Å²) in [7, 11) is -3.01. The molecule has 94 valence electrons. The SMILES string of the molecule is CC(C)n1cc(C(=O)C2CCS(=O)(=O)C2)cn1. The molecule has 1 aliphatic heterocycles. The van der Waals surface area contributed by atoms with Crippen LogP contribution < -0.4 is 0 Å². The Morgan fingerprint density at radius 3 is 2.71 bits per heavy atom. The number of hydrogen-bond acceptors (Lipinski definition) is 4. The Bertz CT molecular complexity index is 531. The molecule has 0 spiro atoms. The van der Waals surface area contributed by atoms with Gasteiger partial charge in [0.2, 0.25) is 0 Å². The second-order valence-corrected chi connectivity index (χ2v) is 7.00. The standard InChI is InChI=1S/C11H16N2O3S/c1-8(2)13-6-10(5-12-13)11(14)9-3-4-17(15,16)7-9/h5-6,8-9H,3-4,7H2,1-2H3. The number of carbonyl (C=O) groups is 1. The largest absolute Gasteiger partial charge is 0.294 e. The predicted molar refractivity (Wildman–Crippen MR) is 63.7 cm³/mol. The lowest BCUT2D eigenvalue weighted by molar-refractivity contribution is 0.0933. The smallest absolute Gasteiger partial charge is 0.170 e. The average Bonchev–Trinajstić information content (AvgIpc) is 2.83. The van der Waals surface area contributed by atoms with E-state index in [4.69, 9.17) is 0 Å². The fourth-order valence-corrected chi connectivity index (χ4v) is 3.73. The predicted octanol–water partition coefficient (Wildman–Crippen LogP) is 1.08. The molecule has 0 aromatic carbocycles. The highest BCUT2D eigenvalue weighted by Gasteiger charge is 2.33. The molecule has 1 atom stereocenters. The fraction of sp³-hybridized carbons (Fsp3) is 0.636. The van der Waals surface area contributed by atoms with Crippen molar-refractivity contribution in [1.29, 1.82) is 0 Å². The van der Waals surface area contributed by atoms with Gasteiger partial charge in [0.1, 0.15) is 0 Å². The van der Waals surface area contributed by atoms with E-state index in [0.29, 0.717) is 12.0 Å². The average molecular weight is 256 g/mol. The van der Waals surface area contributed by atoms with Gasteiger partial charge in [-0.05, 0) is 20.3 Å². The number of aromatic nitrogens is 2. The first-order chi connectivity index (χ1) is 7.89. The van der Waals surface area contributed by atoms with Gasteiger partial charge in [-0.3, -0.25) is 9.48 Å². The van der Waals surface area contributed by atoms with Crippen LogP contribution in [0, 0.1) is 5.92 Å². The van der Waals surface area contributed by atoms with Crippen LogP contribution in [-0.2, 0) is 9.84 Å². The molecule has 0 saturated carbocycles. The van der Waals surface area contributed by atoms with E-state index in [2.05, 4.69) is 5.10 Å². The first-order valence-corrected chi connectivity index (χ1v) is 7.50. The molecule has 1 saturated heterocycles. The quantitative estimate of drug-likeness (QED) is 0.759. The van der Waals surface area contributed by atoms with Gasteiger partial charge < -0.3 is 0 Å². The molecule has 0 N–H and O–H groups in total. The molecule has 0 aliphatic carbocycles. The van der Waals surface area contributed by atoms with Crippen LogP contribution in [0.25, 0.3) is 0 Å².